The summed E-state index contributed by atoms with van der Waals surface area (Å²) in [6.07, 6.45) is -4.57. The fraction of sp³-hybridized carbons (Fsp3) is 0.500. The number of carbonyl (C=O) groups is 2. The lowest BCUT2D eigenvalue weighted by Crippen LogP contribution is -2.47. The minimum absolute atomic E-state index is 0.0218. The standard InChI is InChI=1S/C24H32F3N5O5/c1-14(2)10-31(20-21(28)32(11-15(3)4)23(36)29-22(20)35)18(33)12-30(5)19(34)13-37-17-8-6-7-16(9-17)24(25,26)27/h6-9,14-15H,10-13,28H2,1-5H3,(H,29,35,36). The van der Waals surface area contributed by atoms with Gasteiger partial charge in [0.2, 0.25) is 5.91 Å². The molecule has 3 N–H and O–H groups in total. The number of hydrogen-bond donors (Lipinski definition) is 2. The van der Waals surface area contributed by atoms with E-state index in [1.165, 1.54) is 17.7 Å². The number of likely N-dealkylation sites (N-methyl/N-ethyl adjacent to an activating group) is 1. The highest BCUT2D eigenvalue weighted by Gasteiger charge is 2.31. The molecular formula is C24H32F3N5O5. The molecule has 1 aromatic carbocycles. The van der Waals surface area contributed by atoms with E-state index in [1.807, 2.05) is 27.7 Å². The van der Waals surface area contributed by atoms with Gasteiger partial charge in [0.25, 0.3) is 11.5 Å². The number of halogens is 3. The highest BCUT2D eigenvalue weighted by atomic mass is 19.4. The maximum Gasteiger partial charge on any atom is 0.416 e. The number of amides is 2. The topological polar surface area (TPSA) is 131 Å². The van der Waals surface area contributed by atoms with Crippen molar-refractivity contribution in [1.29, 1.82) is 0 Å². The van der Waals surface area contributed by atoms with Crippen molar-refractivity contribution in [2.75, 3.05) is 37.4 Å². The van der Waals surface area contributed by atoms with Crippen LogP contribution < -0.4 is 26.6 Å². The molecule has 2 aromatic rings. The third-order valence-corrected chi connectivity index (χ3v) is 5.20. The first-order valence-corrected chi connectivity index (χ1v) is 11.6. The minimum Gasteiger partial charge on any atom is -0.484 e. The number of anilines is 2. The molecule has 10 nitrogen and oxygen atoms in total. The molecule has 0 fully saturated rings. The van der Waals surface area contributed by atoms with E-state index in [9.17, 15) is 32.3 Å². The van der Waals surface area contributed by atoms with E-state index < -0.39 is 48.0 Å². The molecule has 13 heteroatoms. The van der Waals surface area contributed by atoms with Crippen molar-refractivity contribution in [2.24, 2.45) is 11.8 Å². The first kappa shape index (κ1) is 29.5. The molecule has 0 radical (unpaired) electrons. The van der Waals surface area contributed by atoms with Crippen LogP contribution in [0.5, 0.6) is 5.75 Å². The molecule has 2 amide bonds. The largest absolute Gasteiger partial charge is 0.484 e. The van der Waals surface area contributed by atoms with E-state index >= 15 is 0 Å². The van der Waals surface area contributed by atoms with Gasteiger partial charge in [0, 0.05) is 20.1 Å². The van der Waals surface area contributed by atoms with E-state index in [1.54, 1.807) is 0 Å². The lowest BCUT2D eigenvalue weighted by molar-refractivity contribution is -0.137. The van der Waals surface area contributed by atoms with Gasteiger partial charge in [-0.1, -0.05) is 33.8 Å². The molecular weight excluding hydrogens is 495 g/mol. The first-order valence-electron chi connectivity index (χ1n) is 11.6. The zero-order chi connectivity index (χ0) is 28.1. The first-order chi connectivity index (χ1) is 17.1. The molecule has 0 aliphatic rings. The molecule has 0 aliphatic carbocycles. The second-order valence-corrected chi connectivity index (χ2v) is 9.46. The Balaban J connectivity index is 2.23. The Hall–Kier alpha value is -3.77. The highest BCUT2D eigenvalue weighted by molar-refractivity contribution is 5.98. The lowest BCUT2D eigenvalue weighted by atomic mass is 10.2. The number of H-pyrrole nitrogens is 1. The predicted molar refractivity (Wildman–Crippen MR) is 132 cm³/mol. The molecule has 0 unspecified atom stereocenters. The minimum atomic E-state index is -4.57. The van der Waals surface area contributed by atoms with Crippen molar-refractivity contribution < 1.29 is 27.5 Å². The molecule has 2 rings (SSSR count). The molecule has 0 bridgehead atoms. The van der Waals surface area contributed by atoms with Crippen LogP contribution in [0.4, 0.5) is 24.7 Å². The van der Waals surface area contributed by atoms with Crippen LogP contribution in [0.2, 0.25) is 0 Å². The summed E-state index contributed by atoms with van der Waals surface area (Å²) < 4.78 is 45.0. The maximum atomic E-state index is 13.2. The van der Waals surface area contributed by atoms with Crippen LogP contribution >= 0.6 is 0 Å². The van der Waals surface area contributed by atoms with E-state index in [4.69, 9.17) is 10.5 Å². The van der Waals surface area contributed by atoms with Crippen LogP contribution in [0, 0.1) is 11.8 Å². The summed E-state index contributed by atoms with van der Waals surface area (Å²) in [5.41, 5.74) is 3.51. The second-order valence-electron chi connectivity index (χ2n) is 9.46. The quantitative estimate of drug-likeness (QED) is 0.488. The Labute approximate surface area is 211 Å². The van der Waals surface area contributed by atoms with Gasteiger partial charge in [-0.05, 0) is 30.0 Å². The molecule has 1 heterocycles. The number of hydrogen-bond acceptors (Lipinski definition) is 6. The fourth-order valence-electron chi connectivity index (χ4n) is 3.46. The van der Waals surface area contributed by atoms with Gasteiger partial charge in [0.15, 0.2) is 12.3 Å². The number of aromatic amines is 1. The Bertz CT molecular complexity index is 1240. The fourth-order valence-corrected chi connectivity index (χ4v) is 3.46. The number of benzene rings is 1. The van der Waals surface area contributed by atoms with Crippen molar-refractivity contribution in [2.45, 2.75) is 40.4 Å². The Kier molecular flexibility index (Phi) is 9.54. The highest BCUT2D eigenvalue weighted by Crippen LogP contribution is 2.31. The Morgan fingerprint density at radius 2 is 1.76 bits per heavy atom. The Morgan fingerprint density at radius 3 is 2.32 bits per heavy atom. The molecule has 1 aromatic heterocycles. The van der Waals surface area contributed by atoms with Crippen LogP contribution in [-0.2, 0) is 22.3 Å². The SMILES string of the molecule is CC(C)CN(C(=O)CN(C)C(=O)COc1cccc(C(F)(F)F)c1)c1c(N)n(CC(C)C)c(=O)[nH]c1=O. The number of nitrogens with zero attached hydrogens (tertiary/aromatic N) is 3. The third-order valence-electron chi connectivity index (χ3n) is 5.20. The van der Waals surface area contributed by atoms with Gasteiger partial charge in [-0.25, -0.2) is 4.79 Å². The van der Waals surface area contributed by atoms with E-state index in [2.05, 4.69) is 4.98 Å². The molecule has 0 saturated carbocycles. The number of rotatable bonds is 10. The van der Waals surface area contributed by atoms with E-state index in [-0.39, 0.29) is 42.2 Å². The van der Waals surface area contributed by atoms with Gasteiger partial charge >= 0.3 is 11.9 Å². The van der Waals surface area contributed by atoms with Crippen molar-refractivity contribution in [1.82, 2.24) is 14.5 Å². The summed E-state index contributed by atoms with van der Waals surface area (Å²) in [6.45, 7) is 6.54. The summed E-state index contributed by atoms with van der Waals surface area (Å²) in [7, 11) is 1.32. The van der Waals surface area contributed by atoms with Crippen LogP contribution in [0.1, 0.15) is 33.3 Å². The summed E-state index contributed by atoms with van der Waals surface area (Å²) in [5, 5.41) is 0. The van der Waals surface area contributed by atoms with Gasteiger partial charge in [0.1, 0.15) is 11.6 Å². The summed E-state index contributed by atoms with van der Waals surface area (Å²) in [5.74, 6) is -1.72. The van der Waals surface area contributed by atoms with Crippen molar-refractivity contribution in [3.63, 3.8) is 0 Å². The Morgan fingerprint density at radius 1 is 1.11 bits per heavy atom. The molecule has 37 heavy (non-hydrogen) atoms. The van der Waals surface area contributed by atoms with Crippen LogP contribution in [0.25, 0.3) is 0 Å². The second kappa shape index (κ2) is 12.0. The van der Waals surface area contributed by atoms with Gasteiger partial charge < -0.3 is 20.3 Å². The molecule has 204 valence electrons. The zero-order valence-electron chi connectivity index (χ0n) is 21.4. The lowest BCUT2D eigenvalue weighted by Gasteiger charge is -2.28. The molecule has 0 saturated heterocycles. The van der Waals surface area contributed by atoms with Crippen LogP contribution in [-0.4, -0.2) is 53.0 Å². The van der Waals surface area contributed by atoms with Crippen LogP contribution in [0.15, 0.2) is 33.9 Å². The van der Waals surface area contributed by atoms with Crippen molar-refractivity contribution in [3.05, 3.63) is 50.7 Å². The summed E-state index contributed by atoms with van der Waals surface area (Å²) >= 11 is 0. The van der Waals surface area contributed by atoms with Crippen molar-refractivity contribution in [3.8, 4) is 5.75 Å². The zero-order valence-corrected chi connectivity index (χ0v) is 21.4. The van der Waals surface area contributed by atoms with Gasteiger partial charge in [0.05, 0.1) is 12.1 Å². The van der Waals surface area contributed by atoms with Gasteiger partial charge in [-0.2, -0.15) is 13.2 Å². The number of nitrogens with one attached hydrogen (secondary N) is 1. The molecule has 0 aliphatic heterocycles. The molecule has 0 atom stereocenters. The number of ether oxygens (including phenoxy) is 1. The molecule has 0 spiro atoms. The van der Waals surface area contributed by atoms with Gasteiger partial charge in [-0.15, -0.1) is 0 Å². The predicted octanol–water partition coefficient (Wildman–Crippen LogP) is 2.32. The number of nitrogen functional groups attached to an aromatic ring is 1. The maximum absolute atomic E-state index is 13.2. The number of nitrogens with two attached hydrogens (primary N) is 1. The number of aromatic nitrogens is 2. The third kappa shape index (κ3) is 7.86. The summed E-state index contributed by atoms with van der Waals surface area (Å²) in [6, 6.07) is 4.07. The number of alkyl halides is 3. The van der Waals surface area contributed by atoms with E-state index in [0.29, 0.717) is 0 Å². The van der Waals surface area contributed by atoms with Gasteiger partial charge in [-0.3, -0.25) is 23.9 Å². The van der Waals surface area contributed by atoms with Crippen LogP contribution in [0.3, 0.4) is 0 Å². The average molecular weight is 528 g/mol. The normalized spacial score (nSPS) is 11.6. The smallest absolute Gasteiger partial charge is 0.416 e. The average Bonchev–Trinajstić information content (AvgIpc) is 2.78. The van der Waals surface area contributed by atoms with E-state index in [0.717, 1.165) is 28.0 Å². The monoisotopic (exact) mass is 527 g/mol. The number of carbonyl (C=O) groups excluding carboxylic acids is 2. The summed E-state index contributed by atoms with van der Waals surface area (Å²) in [4.78, 5) is 55.1. The van der Waals surface area contributed by atoms with Crippen molar-refractivity contribution >= 4 is 23.3 Å².